The summed E-state index contributed by atoms with van der Waals surface area (Å²) in [6, 6.07) is 0. The van der Waals surface area contributed by atoms with Crippen LogP contribution in [-0.4, -0.2) is 99.7 Å². The van der Waals surface area contributed by atoms with Gasteiger partial charge in [-0.1, -0.05) is 0 Å². The third kappa shape index (κ3) is 80.0. The van der Waals surface area contributed by atoms with Crippen LogP contribution in [0.4, 0.5) is 0 Å². The van der Waals surface area contributed by atoms with E-state index < -0.39 is 0 Å². The molecule has 0 saturated heterocycles. The summed E-state index contributed by atoms with van der Waals surface area (Å²) >= 11 is 0. The predicted molar refractivity (Wildman–Crippen MR) is 94.3 cm³/mol. The summed E-state index contributed by atoms with van der Waals surface area (Å²) in [5.41, 5.74) is 0. The zero-order valence-electron chi connectivity index (χ0n) is 16.4. The molecule has 0 aromatic carbocycles. The quantitative estimate of drug-likeness (QED) is 0.333. The minimum Gasteiger partial charge on any atom is -0.394 e. The van der Waals surface area contributed by atoms with Gasteiger partial charge in [-0.25, -0.2) is 0 Å². The number of ether oxygens (including phenoxy) is 4. The third-order valence-electron chi connectivity index (χ3n) is 1.76. The van der Waals surface area contributed by atoms with E-state index in [4.69, 9.17) is 39.4 Å². The largest absolute Gasteiger partial charge is 0.394 e. The molecule has 0 aliphatic carbocycles. The van der Waals surface area contributed by atoms with Crippen molar-refractivity contribution in [1.82, 2.24) is 0 Å². The van der Waals surface area contributed by atoms with Gasteiger partial charge in [-0.15, -0.1) is 0 Å². The maximum Gasteiger partial charge on any atom is 0.0697 e. The molecule has 0 aromatic rings. The molecule has 0 spiro atoms. The molecule has 0 saturated carbocycles. The van der Waals surface area contributed by atoms with E-state index in [0.29, 0.717) is 52.9 Å². The van der Waals surface area contributed by atoms with Gasteiger partial charge in [-0.2, -0.15) is 0 Å². The maximum absolute atomic E-state index is 8.07. The summed E-state index contributed by atoms with van der Waals surface area (Å²) in [5, 5.41) is 32.3. The van der Waals surface area contributed by atoms with Crippen molar-refractivity contribution in [3.05, 3.63) is 0 Å². The van der Waals surface area contributed by atoms with Crippen LogP contribution in [0, 0.1) is 0 Å². The van der Waals surface area contributed by atoms with Crippen LogP contribution in [0.1, 0.15) is 27.7 Å². The topological polar surface area (TPSA) is 118 Å². The molecule has 9 heteroatoms. The second-order valence-electron chi connectivity index (χ2n) is 3.68. The van der Waals surface area contributed by atoms with Gasteiger partial charge < -0.3 is 39.4 Å². The van der Waals surface area contributed by atoms with E-state index in [2.05, 4.69) is 0 Å². The average molecular weight is 411 g/mol. The average Bonchev–Trinajstić information content (AvgIpc) is 2.62. The van der Waals surface area contributed by atoms with Crippen LogP contribution >= 0.6 is 0 Å². The van der Waals surface area contributed by atoms with E-state index in [0.717, 1.165) is 0 Å². The van der Waals surface area contributed by atoms with Gasteiger partial charge in [-0.3, -0.25) is 0 Å². The van der Waals surface area contributed by atoms with Crippen LogP contribution in [-0.2, 0) is 37.5 Å². The zero-order chi connectivity index (χ0) is 19.3. The van der Waals surface area contributed by atoms with Gasteiger partial charge in [-0.05, 0) is 27.7 Å². The smallest absolute Gasteiger partial charge is 0.0697 e. The van der Waals surface area contributed by atoms with Crippen molar-refractivity contribution < 1.29 is 57.9 Å². The van der Waals surface area contributed by atoms with E-state index in [1.807, 2.05) is 27.7 Å². The first-order valence-electron chi connectivity index (χ1n) is 8.40. The normalized spacial score (nSPS) is 8.64. The SMILES string of the molecule is CCOCCO.CCOCCO.CCOCCO.CCOCCO.[V]. The van der Waals surface area contributed by atoms with Crippen LogP contribution in [0.5, 0.6) is 0 Å². The van der Waals surface area contributed by atoms with Crippen molar-refractivity contribution in [2.45, 2.75) is 27.7 Å². The van der Waals surface area contributed by atoms with Crippen LogP contribution in [0.3, 0.4) is 0 Å². The minimum atomic E-state index is 0. The fourth-order valence-corrected chi connectivity index (χ4v) is 0.836. The van der Waals surface area contributed by atoms with E-state index >= 15 is 0 Å². The maximum atomic E-state index is 8.07. The van der Waals surface area contributed by atoms with E-state index in [1.54, 1.807) is 0 Å². The summed E-state index contributed by atoms with van der Waals surface area (Å²) in [5.74, 6) is 0. The van der Waals surface area contributed by atoms with Gasteiger partial charge >= 0.3 is 0 Å². The molecular weight excluding hydrogens is 371 g/mol. The van der Waals surface area contributed by atoms with Crippen LogP contribution in [0.25, 0.3) is 0 Å². The van der Waals surface area contributed by atoms with E-state index in [-0.39, 0.29) is 45.0 Å². The second-order valence-corrected chi connectivity index (χ2v) is 3.68. The number of rotatable bonds is 12. The Kier molecular flexibility index (Phi) is 71.9. The Hall–Kier alpha value is 0.264. The Balaban J connectivity index is -0.0000000702. The Morgan fingerprint density at radius 2 is 0.600 bits per heavy atom. The summed E-state index contributed by atoms with van der Waals surface area (Å²) in [6.45, 7) is 12.8. The first-order valence-corrected chi connectivity index (χ1v) is 8.40. The molecule has 0 aromatic heterocycles. The van der Waals surface area contributed by atoms with E-state index in [9.17, 15) is 0 Å². The van der Waals surface area contributed by atoms with Crippen molar-refractivity contribution in [2.75, 3.05) is 79.3 Å². The van der Waals surface area contributed by atoms with Gasteiger partial charge in [0, 0.05) is 45.0 Å². The molecular formula is C16H40O8V. The van der Waals surface area contributed by atoms with Crippen LogP contribution in [0.2, 0.25) is 0 Å². The number of aliphatic hydroxyl groups excluding tert-OH is 4. The molecule has 8 nitrogen and oxygen atoms in total. The third-order valence-corrected chi connectivity index (χ3v) is 1.76. The van der Waals surface area contributed by atoms with Gasteiger partial charge in [0.1, 0.15) is 0 Å². The predicted octanol–water partition coefficient (Wildman–Crippen LogP) is 0.0583. The monoisotopic (exact) mass is 411 g/mol. The Labute approximate surface area is 165 Å². The molecule has 4 N–H and O–H groups in total. The fourth-order valence-electron chi connectivity index (χ4n) is 0.836. The number of hydrogen-bond donors (Lipinski definition) is 4. The molecule has 1 radical (unpaired) electrons. The number of hydrogen-bond acceptors (Lipinski definition) is 8. The van der Waals surface area contributed by atoms with Crippen molar-refractivity contribution in [2.24, 2.45) is 0 Å². The second kappa shape index (κ2) is 49.6. The summed E-state index contributed by atoms with van der Waals surface area (Å²) in [4.78, 5) is 0. The van der Waals surface area contributed by atoms with Crippen LogP contribution in [0.15, 0.2) is 0 Å². The summed E-state index contributed by atoms with van der Waals surface area (Å²) < 4.78 is 18.9. The zero-order valence-corrected chi connectivity index (χ0v) is 17.8. The van der Waals surface area contributed by atoms with Crippen molar-refractivity contribution >= 4 is 0 Å². The molecule has 0 aliphatic heterocycles. The molecule has 0 unspecified atom stereocenters. The first-order chi connectivity index (χ1) is 11.7. The number of aliphatic hydroxyl groups is 4. The molecule has 0 bridgehead atoms. The molecule has 0 heterocycles. The summed E-state index contributed by atoms with van der Waals surface area (Å²) in [6.07, 6.45) is 0. The molecule has 157 valence electrons. The molecule has 0 atom stereocenters. The summed E-state index contributed by atoms with van der Waals surface area (Å²) in [7, 11) is 0. The molecule has 0 rings (SSSR count). The van der Waals surface area contributed by atoms with Crippen molar-refractivity contribution in [3.63, 3.8) is 0 Å². The Morgan fingerprint density at radius 1 is 0.440 bits per heavy atom. The van der Waals surface area contributed by atoms with Crippen molar-refractivity contribution in [1.29, 1.82) is 0 Å². The van der Waals surface area contributed by atoms with Gasteiger partial charge in [0.25, 0.3) is 0 Å². The Bertz CT molecular complexity index is 108. The van der Waals surface area contributed by atoms with Crippen LogP contribution < -0.4 is 0 Å². The van der Waals surface area contributed by atoms with E-state index in [1.165, 1.54) is 0 Å². The minimum absolute atomic E-state index is 0. The standard InChI is InChI=1S/4C4H10O2.V/c4*1-2-6-4-3-5;/h4*5H,2-4H2,1H3;. The molecule has 25 heavy (non-hydrogen) atoms. The van der Waals surface area contributed by atoms with Gasteiger partial charge in [0.2, 0.25) is 0 Å². The molecule has 0 fully saturated rings. The molecule has 0 amide bonds. The fraction of sp³-hybridized carbons (Fsp3) is 1.00. The van der Waals surface area contributed by atoms with Gasteiger partial charge in [0.05, 0.1) is 52.9 Å². The molecule has 0 aliphatic rings. The van der Waals surface area contributed by atoms with Crippen molar-refractivity contribution in [3.8, 4) is 0 Å². The Morgan fingerprint density at radius 3 is 0.640 bits per heavy atom. The van der Waals surface area contributed by atoms with Gasteiger partial charge in [0.15, 0.2) is 0 Å². The first kappa shape index (κ1) is 36.2.